The molecule has 0 aliphatic heterocycles. The SMILES string of the molecule is CC(C)(O)C(=O)Nc1ccccc1[N+](=O)[O-]. The Balaban J connectivity index is 2.98. The van der Waals surface area contributed by atoms with Crippen LogP contribution in [0.4, 0.5) is 11.4 Å². The number of hydrogen-bond acceptors (Lipinski definition) is 4. The Morgan fingerprint density at radius 2 is 2.00 bits per heavy atom. The van der Waals surface area contributed by atoms with Crippen molar-refractivity contribution in [1.29, 1.82) is 0 Å². The molecule has 1 amide bonds. The van der Waals surface area contributed by atoms with Gasteiger partial charge in [-0.3, -0.25) is 14.9 Å². The number of nitro benzene ring substituents is 1. The molecule has 1 aromatic carbocycles. The van der Waals surface area contributed by atoms with Gasteiger partial charge in [0.15, 0.2) is 0 Å². The third-order valence-corrected chi connectivity index (χ3v) is 1.90. The van der Waals surface area contributed by atoms with E-state index in [0.717, 1.165) is 0 Å². The summed E-state index contributed by atoms with van der Waals surface area (Å²) in [5, 5.41) is 22.3. The minimum atomic E-state index is -1.58. The molecule has 0 aliphatic carbocycles. The number of nitro groups is 1. The van der Waals surface area contributed by atoms with Crippen LogP contribution in [0.15, 0.2) is 24.3 Å². The monoisotopic (exact) mass is 224 g/mol. The number of nitrogens with one attached hydrogen (secondary N) is 1. The number of hydrogen-bond donors (Lipinski definition) is 2. The molecule has 1 rings (SSSR count). The Morgan fingerprint density at radius 1 is 1.44 bits per heavy atom. The van der Waals surface area contributed by atoms with E-state index < -0.39 is 16.4 Å². The molecule has 16 heavy (non-hydrogen) atoms. The number of nitrogens with zero attached hydrogens (tertiary/aromatic N) is 1. The second kappa shape index (κ2) is 4.28. The van der Waals surface area contributed by atoms with Gasteiger partial charge in [0.25, 0.3) is 11.6 Å². The van der Waals surface area contributed by atoms with E-state index in [1.807, 2.05) is 0 Å². The number of aliphatic hydroxyl groups is 1. The number of benzene rings is 1. The fourth-order valence-corrected chi connectivity index (χ4v) is 1.01. The molecule has 86 valence electrons. The van der Waals surface area contributed by atoms with Crippen molar-refractivity contribution in [2.24, 2.45) is 0 Å². The first kappa shape index (κ1) is 12.1. The number of carbonyl (C=O) groups excluding carboxylic acids is 1. The molecular formula is C10H12N2O4. The number of carbonyl (C=O) groups is 1. The molecule has 0 fully saturated rings. The fourth-order valence-electron chi connectivity index (χ4n) is 1.01. The van der Waals surface area contributed by atoms with E-state index in [4.69, 9.17) is 0 Å². The summed E-state index contributed by atoms with van der Waals surface area (Å²) in [5.74, 6) is -0.693. The second-order valence-corrected chi connectivity index (χ2v) is 3.79. The highest BCUT2D eigenvalue weighted by Gasteiger charge is 2.25. The lowest BCUT2D eigenvalue weighted by molar-refractivity contribution is -0.383. The van der Waals surface area contributed by atoms with Crippen LogP contribution in [0.25, 0.3) is 0 Å². The van der Waals surface area contributed by atoms with Crippen LogP contribution in [0.5, 0.6) is 0 Å². The number of para-hydroxylation sites is 2. The summed E-state index contributed by atoms with van der Waals surface area (Å²) in [5.41, 5.74) is -1.72. The van der Waals surface area contributed by atoms with Gasteiger partial charge in [0, 0.05) is 6.07 Å². The molecule has 0 aromatic heterocycles. The van der Waals surface area contributed by atoms with Gasteiger partial charge in [-0.2, -0.15) is 0 Å². The van der Waals surface area contributed by atoms with Crippen LogP contribution in [-0.4, -0.2) is 21.5 Å². The Bertz CT molecular complexity index is 423. The number of rotatable bonds is 3. The van der Waals surface area contributed by atoms with E-state index in [9.17, 15) is 20.0 Å². The average molecular weight is 224 g/mol. The molecule has 0 aliphatic rings. The molecule has 0 radical (unpaired) electrons. The molecule has 2 N–H and O–H groups in total. The van der Waals surface area contributed by atoms with E-state index >= 15 is 0 Å². The highest BCUT2D eigenvalue weighted by molar-refractivity contribution is 5.98. The molecule has 0 saturated carbocycles. The summed E-state index contributed by atoms with van der Waals surface area (Å²) in [6.07, 6.45) is 0. The predicted molar refractivity (Wildman–Crippen MR) is 58.0 cm³/mol. The highest BCUT2D eigenvalue weighted by atomic mass is 16.6. The summed E-state index contributed by atoms with van der Waals surface area (Å²) in [6.45, 7) is 2.61. The second-order valence-electron chi connectivity index (χ2n) is 3.79. The lowest BCUT2D eigenvalue weighted by atomic mass is 10.1. The molecule has 0 spiro atoms. The minimum absolute atomic E-state index is 0.0691. The standard InChI is InChI=1S/C10H12N2O4/c1-10(2,14)9(13)11-7-5-3-4-6-8(7)12(15)16/h3-6,14H,1-2H3,(H,11,13). The molecule has 0 bridgehead atoms. The van der Waals surface area contributed by atoms with Crippen LogP contribution in [-0.2, 0) is 4.79 Å². The first-order chi connectivity index (χ1) is 7.32. The molecule has 6 heteroatoms. The van der Waals surface area contributed by atoms with Crippen molar-refractivity contribution in [1.82, 2.24) is 0 Å². The van der Waals surface area contributed by atoms with Crippen LogP contribution in [0.1, 0.15) is 13.8 Å². The van der Waals surface area contributed by atoms with Gasteiger partial charge < -0.3 is 10.4 Å². The Labute approximate surface area is 92.0 Å². The van der Waals surface area contributed by atoms with Gasteiger partial charge in [0.2, 0.25) is 0 Å². The van der Waals surface area contributed by atoms with Gasteiger partial charge in [0.05, 0.1) is 4.92 Å². The van der Waals surface area contributed by atoms with Gasteiger partial charge >= 0.3 is 0 Å². The zero-order valence-corrected chi connectivity index (χ0v) is 8.93. The van der Waals surface area contributed by atoms with Crippen molar-refractivity contribution < 1.29 is 14.8 Å². The zero-order chi connectivity index (χ0) is 12.3. The van der Waals surface area contributed by atoms with Gasteiger partial charge in [-0.25, -0.2) is 0 Å². The van der Waals surface area contributed by atoms with Gasteiger partial charge in [-0.15, -0.1) is 0 Å². The largest absolute Gasteiger partial charge is 0.381 e. The van der Waals surface area contributed by atoms with Gasteiger partial charge in [-0.1, -0.05) is 12.1 Å². The van der Waals surface area contributed by atoms with Crippen molar-refractivity contribution in [3.63, 3.8) is 0 Å². The molecule has 0 saturated heterocycles. The van der Waals surface area contributed by atoms with E-state index in [1.54, 1.807) is 6.07 Å². The van der Waals surface area contributed by atoms with Crippen LogP contribution < -0.4 is 5.32 Å². The third kappa shape index (κ3) is 2.77. The van der Waals surface area contributed by atoms with Gasteiger partial charge in [-0.05, 0) is 19.9 Å². The molecular weight excluding hydrogens is 212 g/mol. The maximum absolute atomic E-state index is 11.4. The normalized spacial score (nSPS) is 10.9. The first-order valence-electron chi connectivity index (χ1n) is 4.59. The summed E-state index contributed by atoms with van der Waals surface area (Å²) >= 11 is 0. The fraction of sp³-hybridized carbons (Fsp3) is 0.300. The summed E-state index contributed by atoms with van der Waals surface area (Å²) in [4.78, 5) is 21.5. The summed E-state index contributed by atoms with van der Waals surface area (Å²) in [6, 6.07) is 5.74. The lowest BCUT2D eigenvalue weighted by Crippen LogP contribution is -2.36. The molecule has 6 nitrogen and oxygen atoms in total. The third-order valence-electron chi connectivity index (χ3n) is 1.90. The lowest BCUT2D eigenvalue weighted by Gasteiger charge is -2.16. The van der Waals surface area contributed by atoms with Crippen LogP contribution in [0.2, 0.25) is 0 Å². The minimum Gasteiger partial charge on any atom is -0.381 e. The van der Waals surface area contributed by atoms with Crippen LogP contribution in [0, 0.1) is 10.1 Å². The van der Waals surface area contributed by atoms with Crippen LogP contribution in [0.3, 0.4) is 0 Å². The summed E-state index contributed by atoms with van der Waals surface area (Å²) in [7, 11) is 0. The highest BCUT2D eigenvalue weighted by Crippen LogP contribution is 2.23. The maximum atomic E-state index is 11.4. The quantitative estimate of drug-likeness (QED) is 0.598. The summed E-state index contributed by atoms with van der Waals surface area (Å²) < 4.78 is 0. The smallest absolute Gasteiger partial charge is 0.292 e. The Hall–Kier alpha value is -1.95. The molecule has 0 atom stereocenters. The van der Waals surface area contributed by atoms with E-state index in [1.165, 1.54) is 32.0 Å². The number of anilines is 1. The van der Waals surface area contributed by atoms with Crippen LogP contribution >= 0.6 is 0 Å². The van der Waals surface area contributed by atoms with Crippen molar-refractivity contribution in [2.45, 2.75) is 19.4 Å². The van der Waals surface area contributed by atoms with Crippen molar-refractivity contribution >= 4 is 17.3 Å². The molecule has 0 heterocycles. The Morgan fingerprint density at radius 3 is 2.50 bits per heavy atom. The average Bonchev–Trinajstić information content (AvgIpc) is 2.16. The topological polar surface area (TPSA) is 92.5 Å². The van der Waals surface area contributed by atoms with E-state index in [-0.39, 0.29) is 11.4 Å². The first-order valence-corrected chi connectivity index (χ1v) is 4.59. The van der Waals surface area contributed by atoms with Gasteiger partial charge in [0.1, 0.15) is 11.3 Å². The maximum Gasteiger partial charge on any atom is 0.292 e. The predicted octanol–water partition coefficient (Wildman–Crippen LogP) is 1.30. The number of amides is 1. The molecule has 1 aromatic rings. The van der Waals surface area contributed by atoms with Crippen molar-refractivity contribution in [3.8, 4) is 0 Å². The van der Waals surface area contributed by atoms with Crippen molar-refractivity contribution in [2.75, 3.05) is 5.32 Å². The van der Waals surface area contributed by atoms with Crippen molar-refractivity contribution in [3.05, 3.63) is 34.4 Å². The Kier molecular flexibility index (Phi) is 3.24. The molecule has 0 unspecified atom stereocenters. The van der Waals surface area contributed by atoms with E-state index in [0.29, 0.717) is 0 Å². The zero-order valence-electron chi connectivity index (χ0n) is 8.93. The van der Waals surface area contributed by atoms with E-state index in [2.05, 4.69) is 5.32 Å².